The van der Waals surface area contributed by atoms with Crippen LogP contribution in [0.15, 0.2) is 86.0 Å². The van der Waals surface area contributed by atoms with Gasteiger partial charge in [-0.1, -0.05) is 49.6 Å². The van der Waals surface area contributed by atoms with Crippen LogP contribution in [0.1, 0.15) is 0 Å². The number of fused-ring (bicyclic) bond motifs is 2. The largest absolute Gasteiger partial charge is 0.478 e. The molecule has 2 N–H and O–H groups in total. The highest BCUT2D eigenvalue weighted by atomic mass is 16.6. The van der Waals surface area contributed by atoms with E-state index in [9.17, 15) is 29.8 Å². The molecule has 0 unspecified atom stereocenters. The number of nitro groups is 2. The molecule has 0 atom stereocenters. The highest BCUT2D eigenvalue weighted by Gasteiger charge is 2.24. The van der Waals surface area contributed by atoms with Crippen molar-refractivity contribution in [2.24, 2.45) is 0 Å². The third kappa shape index (κ3) is 4.64. The molecule has 0 heterocycles. The van der Waals surface area contributed by atoms with E-state index in [-0.39, 0.29) is 11.4 Å². The predicted molar refractivity (Wildman–Crippen MR) is 137 cm³/mol. The van der Waals surface area contributed by atoms with Crippen molar-refractivity contribution in [3.8, 4) is 0 Å². The molecule has 10 nitrogen and oxygen atoms in total. The maximum atomic E-state index is 11.7. The van der Waals surface area contributed by atoms with Gasteiger partial charge in [-0.2, -0.15) is 0 Å². The Morgan fingerprint density at radius 1 is 0.639 bits per heavy atom. The minimum Gasteiger partial charge on any atom is -0.478 e. The van der Waals surface area contributed by atoms with E-state index in [1.54, 1.807) is 24.3 Å². The van der Waals surface area contributed by atoms with Gasteiger partial charge in [0.05, 0.1) is 20.6 Å². The molecule has 180 valence electrons. The Labute approximate surface area is 202 Å². The minimum absolute atomic E-state index is 0.00889. The lowest BCUT2D eigenvalue weighted by molar-refractivity contribution is -0.383. The Bertz CT molecular complexity index is 1560. The summed E-state index contributed by atoms with van der Waals surface area (Å²) in [5, 5.41) is 43.9. The van der Waals surface area contributed by atoms with Crippen LogP contribution in [-0.2, 0) is 9.59 Å². The molecule has 0 spiro atoms. The molecule has 5 aromatic carbocycles. The maximum Gasteiger partial charge on any atom is 0.327 e. The fourth-order valence-electron chi connectivity index (χ4n) is 4.00. The number of carboxylic acids is 2. The highest BCUT2D eigenvalue weighted by Crippen LogP contribution is 2.46. The molecular weight excluding hydrogens is 468 g/mol. The molecule has 0 fully saturated rings. The molecule has 0 aromatic heterocycles. The van der Waals surface area contributed by atoms with Gasteiger partial charge in [0.15, 0.2) is 0 Å². The van der Waals surface area contributed by atoms with E-state index in [1.807, 2.05) is 24.3 Å². The summed E-state index contributed by atoms with van der Waals surface area (Å²) in [6.07, 6.45) is 1.67. The summed E-state index contributed by atoms with van der Waals surface area (Å²) in [7, 11) is 0. The first-order chi connectivity index (χ1) is 17.1. The van der Waals surface area contributed by atoms with Crippen LogP contribution < -0.4 is 0 Å². The lowest BCUT2D eigenvalue weighted by Crippen LogP contribution is -1.96. The van der Waals surface area contributed by atoms with E-state index in [4.69, 9.17) is 10.2 Å². The molecule has 0 saturated heterocycles. The topological polar surface area (TPSA) is 161 Å². The van der Waals surface area contributed by atoms with E-state index < -0.39 is 21.8 Å². The van der Waals surface area contributed by atoms with E-state index in [2.05, 4.69) is 13.2 Å². The Morgan fingerprint density at radius 3 is 1.25 bits per heavy atom. The molecule has 0 bridgehead atoms. The Balaban J connectivity index is 0.000000310. The molecule has 0 amide bonds. The Morgan fingerprint density at radius 2 is 0.972 bits per heavy atom. The summed E-state index contributed by atoms with van der Waals surface area (Å²) in [5.41, 5.74) is 0.0178. The van der Waals surface area contributed by atoms with E-state index in [0.29, 0.717) is 32.3 Å². The first-order valence-corrected chi connectivity index (χ1v) is 10.2. The second kappa shape index (κ2) is 10.3. The average molecular weight is 486 g/mol. The molecule has 10 heteroatoms. The van der Waals surface area contributed by atoms with Crippen molar-refractivity contribution in [2.75, 3.05) is 0 Å². The SMILES string of the molecule is C=CC(=O)O.C=CC(=O)O.O=[N+]([O-])c1ccc2cccc3c4c([N+](=O)[O-])ccc5cccc(c1c23)c54. The highest BCUT2D eigenvalue weighted by molar-refractivity contribution is 6.36. The first-order valence-electron chi connectivity index (χ1n) is 10.2. The summed E-state index contributed by atoms with van der Waals surface area (Å²) < 4.78 is 0. The molecular formula is C26H18N2O8. The van der Waals surface area contributed by atoms with Crippen LogP contribution >= 0.6 is 0 Å². The number of rotatable bonds is 4. The Hall–Kier alpha value is -5.38. The summed E-state index contributed by atoms with van der Waals surface area (Å²) in [6.45, 7) is 5.92. The summed E-state index contributed by atoms with van der Waals surface area (Å²) >= 11 is 0. The number of benzene rings is 5. The lowest BCUT2D eigenvalue weighted by Gasteiger charge is -2.14. The third-order valence-electron chi connectivity index (χ3n) is 5.33. The zero-order valence-electron chi connectivity index (χ0n) is 18.6. The van der Waals surface area contributed by atoms with Crippen LogP contribution in [0.3, 0.4) is 0 Å². The van der Waals surface area contributed by atoms with E-state index in [0.717, 1.165) is 22.9 Å². The van der Waals surface area contributed by atoms with Crippen molar-refractivity contribution in [2.45, 2.75) is 0 Å². The molecule has 0 saturated carbocycles. The molecule has 36 heavy (non-hydrogen) atoms. The average Bonchev–Trinajstić information content (AvgIpc) is 2.86. The van der Waals surface area contributed by atoms with Gasteiger partial charge in [-0.3, -0.25) is 20.2 Å². The van der Waals surface area contributed by atoms with Gasteiger partial charge in [-0.25, -0.2) is 9.59 Å². The van der Waals surface area contributed by atoms with Gasteiger partial charge in [-0.05, 0) is 33.7 Å². The van der Waals surface area contributed by atoms with Gasteiger partial charge in [0.1, 0.15) is 0 Å². The lowest BCUT2D eigenvalue weighted by atomic mass is 9.88. The summed E-state index contributed by atoms with van der Waals surface area (Å²) in [5.74, 6) is -1.96. The number of aliphatic carboxylic acids is 2. The van der Waals surface area contributed by atoms with E-state index >= 15 is 0 Å². The normalized spacial score (nSPS) is 10.2. The van der Waals surface area contributed by atoms with Crippen molar-refractivity contribution in [3.63, 3.8) is 0 Å². The molecule has 0 aliphatic heterocycles. The standard InChI is InChI=1S/C20H10N2O4.2C3H4O2/c23-21(24)15-10-8-12-4-2-6-14-18(12)19(15)13-5-1-3-11-7-9-16(22(25)26)20(14)17(11)13;2*1-2-3(4)5/h1-10H;2*2H,1H2,(H,4,5). The molecule has 5 aromatic rings. The van der Waals surface area contributed by atoms with Crippen molar-refractivity contribution < 1.29 is 29.6 Å². The first kappa shape index (κ1) is 25.2. The predicted octanol–water partition coefficient (Wildman–Crippen LogP) is 6.07. The third-order valence-corrected chi connectivity index (χ3v) is 5.33. The van der Waals surface area contributed by atoms with Crippen molar-refractivity contribution in [1.29, 1.82) is 0 Å². The van der Waals surface area contributed by atoms with Crippen LogP contribution in [0.25, 0.3) is 43.1 Å². The summed E-state index contributed by atoms with van der Waals surface area (Å²) in [4.78, 5) is 41.0. The zero-order chi connectivity index (χ0) is 26.6. The van der Waals surface area contributed by atoms with Gasteiger partial charge in [0.2, 0.25) is 0 Å². The van der Waals surface area contributed by atoms with Crippen LogP contribution in [0.4, 0.5) is 11.4 Å². The Kier molecular flexibility index (Phi) is 7.20. The van der Waals surface area contributed by atoms with Gasteiger partial charge in [0, 0.05) is 35.1 Å². The van der Waals surface area contributed by atoms with Crippen molar-refractivity contribution in [1.82, 2.24) is 0 Å². The number of non-ortho nitro benzene ring substituents is 2. The number of hydrogen-bond acceptors (Lipinski definition) is 6. The second-order valence-electron chi connectivity index (χ2n) is 7.33. The number of nitro benzene ring substituents is 2. The zero-order valence-corrected chi connectivity index (χ0v) is 18.6. The monoisotopic (exact) mass is 486 g/mol. The number of carboxylic acid groups (broad SMARTS) is 2. The molecule has 5 rings (SSSR count). The fourth-order valence-corrected chi connectivity index (χ4v) is 4.00. The van der Waals surface area contributed by atoms with Crippen molar-refractivity contribution in [3.05, 3.63) is 106 Å². The smallest absolute Gasteiger partial charge is 0.327 e. The number of carbonyl (C=O) groups is 2. The van der Waals surface area contributed by atoms with Gasteiger partial charge >= 0.3 is 11.9 Å². The molecule has 0 aliphatic carbocycles. The van der Waals surface area contributed by atoms with Gasteiger partial charge in [0.25, 0.3) is 11.4 Å². The van der Waals surface area contributed by atoms with Crippen LogP contribution in [0.5, 0.6) is 0 Å². The van der Waals surface area contributed by atoms with Gasteiger partial charge < -0.3 is 10.2 Å². The minimum atomic E-state index is -0.981. The van der Waals surface area contributed by atoms with Crippen molar-refractivity contribution >= 4 is 66.4 Å². The fraction of sp³-hybridized carbons (Fsp3) is 0. The van der Waals surface area contributed by atoms with Crippen LogP contribution in [0, 0.1) is 20.2 Å². The molecule has 0 aliphatic rings. The van der Waals surface area contributed by atoms with Crippen LogP contribution in [0.2, 0.25) is 0 Å². The quantitative estimate of drug-likeness (QED) is 0.102. The van der Waals surface area contributed by atoms with E-state index in [1.165, 1.54) is 12.1 Å². The second-order valence-corrected chi connectivity index (χ2v) is 7.33. The molecule has 0 radical (unpaired) electrons. The number of nitrogens with zero attached hydrogens (tertiary/aromatic N) is 2. The summed E-state index contributed by atoms with van der Waals surface area (Å²) in [6, 6.07) is 17.4. The van der Waals surface area contributed by atoms with Gasteiger partial charge in [-0.15, -0.1) is 0 Å². The number of hydrogen-bond donors (Lipinski definition) is 2. The maximum absolute atomic E-state index is 11.7. The van der Waals surface area contributed by atoms with Crippen LogP contribution in [-0.4, -0.2) is 32.0 Å².